The van der Waals surface area contributed by atoms with Crippen LogP contribution in [-0.2, 0) is 0 Å². The van der Waals surface area contributed by atoms with Gasteiger partial charge in [0.25, 0.3) is 0 Å². The van der Waals surface area contributed by atoms with E-state index in [9.17, 15) is 0 Å². The average molecular weight is 560 g/mol. The number of ether oxygens (including phenoxy) is 1. The lowest BCUT2D eigenvalue weighted by atomic mass is 10.0. The molecule has 4 heterocycles. The molecule has 1 aliphatic heterocycles. The summed E-state index contributed by atoms with van der Waals surface area (Å²) in [7, 11) is 0. The Hall–Kier alpha value is -4.53. The summed E-state index contributed by atoms with van der Waals surface area (Å²) in [5, 5.41) is 5.12. The first-order valence-electron chi connectivity index (χ1n) is 13.0. The van der Waals surface area contributed by atoms with Crippen LogP contribution in [0.5, 0.6) is 11.5 Å². The Kier molecular flexibility index (Phi) is 6.26. The lowest BCUT2D eigenvalue weighted by molar-refractivity contribution is 0.482. The maximum atomic E-state index is 6.09. The van der Waals surface area contributed by atoms with Gasteiger partial charge in [0.1, 0.15) is 17.5 Å². The van der Waals surface area contributed by atoms with Crippen LogP contribution in [0.2, 0.25) is 0 Å². The first-order chi connectivity index (χ1) is 19.6. The number of para-hydroxylation sites is 1. The second-order valence-corrected chi connectivity index (χ2v) is 11.1. The topological polar surface area (TPSA) is 55.2 Å². The number of aryl methyl sites for hydroxylation is 1. The third kappa shape index (κ3) is 4.51. The molecule has 3 aromatic heterocycles. The highest BCUT2D eigenvalue weighted by atomic mass is 32.1. The van der Waals surface area contributed by atoms with E-state index in [0.717, 1.165) is 43.9 Å². The molecule has 0 radical (unpaired) electrons. The van der Waals surface area contributed by atoms with E-state index < -0.39 is 0 Å². The molecule has 1 N–H and O–H groups in total. The predicted molar refractivity (Wildman–Crippen MR) is 165 cm³/mol. The molecular weight excluding hydrogens is 535 g/mol. The van der Waals surface area contributed by atoms with Gasteiger partial charge in [-0.3, -0.25) is 9.55 Å². The van der Waals surface area contributed by atoms with Gasteiger partial charge in [0, 0.05) is 18.1 Å². The van der Waals surface area contributed by atoms with Crippen molar-refractivity contribution in [3.8, 4) is 16.6 Å². The number of thiocarbonyl (C=S) groups is 1. The summed E-state index contributed by atoms with van der Waals surface area (Å²) in [6, 6.07) is 34.2. The molecule has 196 valence electrons. The van der Waals surface area contributed by atoms with E-state index in [0.29, 0.717) is 5.11 Å². The molecule has 0 unspecified atom stereocenters. The summed E-state index contributed by atoms with van der Waals surface area (Å²) in [6.45, 7) is 2.06. The molecule has 0 aliphatic carbocycles. The number of rotatable bonds is 6. The van der Waals surface area contributed by atoms with Gasteiger partial charge >= 0.3 is 0 Å². The van der Waals surface area contributed by atoms with Crippen LogP contribution >= 0.6 is 23.6 Å². The molecule has 0 bridgehead atoms. The van der Waals surface area contributed by atoms with Gasteiger partial charge < -0.3 is 15.0 Å². The fourth-order valence-electron chi connectivity index (χ4n) is 5.12. The Bertz CT molecular complexity index is 1760. The molecule has 0 amide bonds. The molecule has 1 fully saturated rings. The van der Waals surface area contributed by atoms with Crippen molar-refractivity contribution in [2.75, 3.05) is 4.90 Å². The van der Waals surface area contributed by atoms with Crippen molar-refractivity contribution in [2.24, 2.45) is 0 Å². The van der Waals surface area contributed by atoms with E-state index in [1.807, 2.05) is 79.0 Å². The smallest absolute Gasteiger partial charge is 0.194 e. The molecular formula is C32H25N5OS2. The van der Waals surface area contributed by atoms with Crippen LogP contribution in [0, 0.1) is 6.92 Å². The van der Waals surface area contributed by atoms with E-state index in [-0.39, 0.29) is 12.1 Å². The van der Waals surface area contributed by atoms with Gasteiger partial charge in [-0.25, -0.2) is 4.98 Å². The van der Waals surface area contributed by atoms with Crippen LogP contribution in [0.15, 0.2) is 116 Å². The van der Waals surface area contributed by atoms with Crippen molar-refractivity contribution < 1.29 is 4.74 Å². The summed E-state index contributed by atoms with van der Waals surface area (Å²) in [4.78, 5) is 11.8. The number of hydrogen-bond donors (Lipinski definition) is 1. The number of fused-ring (bicyclic) bond motifs is 1. The minimum atomic E-state index is -0.159. The fraction of sp³-hybridized carbons (Fsp3) is 0.0938. The predicted octanol–water partition coefficient (Wildman–Crippen LogP) is 7.76. The van der Waals surface area contributed by atoms with Crippen molar-refractivity contribution in [2.45, 2.75) is 19.0 Å². The van der Waals surface area contributed by atoms with Gasteiger partial charge in [0.2, 0.25) is 0 Å². The number of anilines is 1. The molecule has 40 heavy (non-hydrogen) atoms. The normalized spacial score (nSPS) is 16.8. The number of thiazole rings is 1. The third-order valence-corrected chi connectivity index (χ3v) is 8.39. The maximum absolute atomic E-state index is 6.09. The summed E-state index contributed by atoms with van der Waals surface area (Å²) in [5.74, 6) is 1.57. The highest BCUT2D eigenvalue weighted by Gasteiger charge is 2.42. The van der Waals surface area contributed by atoms with Gasteiger partial charge in [-0.05, 0) is 91.9 Å². The number of nitrogens with zero attached hydrogens (tertiary/aromatic N) is 4. The van der Waals surface area contributed by atoms with Gasteiger partial charge in [0.15, 0.2) is 10.2 Å². The maximum Gasteiger partial charge on any atom is 0.194 e. The number of hydrogen-bond acceptors (Lipinski definition) is 5. The SMILES string of the molecule is Cc1ccc(Oc2ccc(N3C(=S)N[C@H](c4ccccn4)[C@H]3c3cccn3-c3nc4ccccc4s3)cc2)cc1. The van der Waals surface area contributed by atoms with E-state index in [1.165, 1.54) is 5.56 Å². The van der Waals surface area contributed by atoms with Crippen LogP contribution in [0.1, 0.15) is 29.0 Å². The van der Waals surface area contributed by atoms with Crippen molar-refractivity contribution >= 4 is 44.6 Å². The second-order valence-electron chi connectivity index (χ2n) is 9.67. The van der Waals surface area contributed by atoms with Gasteiger partial charge in [0.05, 0.1) is 27.6 Å². The van der Waals surface area contributed by atoms with E-state index in [2.05, 4.69) is 58.2 Å². The molecule has 2 atom stereocenters. The van der Waals surface area contributed by atoms with Crippen molar-refractivity contribution in [1.82, 2.24) is 19.9 Å². The highest BCUT2D eigenvalue weighted by Crippen LogP contribution is 2.43. The Balaban J connectivity index is 1.28. The first-order valence-corrected chi connectivity index (χ1v) is 14.2. The summed E-state index contributed by atoms with van der Waals surface area (Å²) in [5.41, 5.74) is 5.15. The lowest BCUT2D eigenvalue weighted by Crippen LogP contribution is -2.30. The molecule has 1 aliphatic rings. The average Bonchev–Trinajstić information content (AvgIpc) is 3.71. The summed E-state index contributed by atoms with van der Waals surface area (Å²) in [6.07, 6.45) is 3.89. The van der Waals surface area contributed by atoms with Crippen LogP contribution in [0.25, 0.3) is 15.3 Å². The quantitative estimate of drug-likeness (QED) is 0.211. The highest BCUT2D eigenvalue weighted by molar-refractivity contribution is 7.80. The minimum Gasteiger partial charge on any atom is -0.457 e. The standard InChI is InChI=1S/C32H25N5OS2/c1-21-11-15-23(16-12-21)38-24-17-13-22(14-18-24)37-30(29(35-31(37)39)26-8-4-5-19-33-26)27-9-6-20-36(27)32-34-25-7-2-3-10-28(25)40-32/h2-20,29-30H,1H3,(H,35,39)/t29-,30-/m1/s1. The molecule has 8 heteroatoms. The Labute approximate surface area is 241 Å². The zero-order valence-corrected chi connectivity index (χ0v) is 23.3. The molecule has 6 nitrogen and oxygen atoms in total. The van der Waals surface area contributed by atoms with Crippen molar-refractivity contribution in [1.29, 1.82) is 0 Å². The number of pyridine rings is 1. The molecule has 0 saturated carbocycles. The summed E-state index contributed by atoms with van der Waals surface area (Å²) < 4.78 is 9.41. The largest absolute Gasteiger partial charge is 0.457 e. The number of benzene rings is 3. The monoisotopic (exact) mass is 559 g/mol. The van der Waals surface area contributed by atoms with Gasteiger partial charge in [-0.2, -0.15) is 0 Å². The molecule has 0 spiro atoms. The fourth-order valence-corrected chi connectivity index (χ4v) is 6.44. The van der Waals surface area contributed by atoms with Crippen LogP contribution in [0.4, 0.5) is 5.69 Å². The van der Waals surface area contributed by atoms with E-state index in [1.54, 1.807) is 11.3 Å². The zero-order valence-electron chi connectivity index (χ0n) is 21.6. The zero-order chi connectivity index (χ0) is 27.1. The molecule has 7 rings (SSSR count). The van der Waals surface area contributed by atoms with Crippen molar-refractivity contribution in [3.05, 3.63) is 132 Å². The van der Waals surface area contributed by atoms with Gasteiger partial charge in [-0.1, -0.05) is 47.2 Å². The van der Waals surface area contributed by atoms with E-state index >= 15 is 0 Å². The Morgan fingerprint density at radius 2 is 1.60 bits per heavy atom. The van der Waals surface area contributed by atoms with Gasteiger partial charge in [-0.15, -0.1) is 0 Å². The van der Waals surface area contributed by atoms with E-state index in [4.69, 9.17) is 26.9 Å². The third-order valence-electron chi connectivity index (χ3n) is 7.04. The van der Waals surface area contributed by atoms with Crippen LogP contribution in [0.3, 0.4) is 0 Å². The number of nitrogens with one attached hydrogen (secondary N) is 1. The Morgan fingerprint density at radius 3 is 2.35 bits per heavy atom. The second kappa shape index (κ2) is 10.2. The van der Waals surface area contributed by atoms with Crippen LogP contribution < -0.4 is 15.0 Å². The summed E-state index contributed by atoms with van der Waals surface area (Å²) >= 11 is 7.62. The molecule has 3 aromatic carbocycles. The van der Waals surface area contributed by atoms with Crippen LogP contribution in [-0.4, -0.2) is 19.6 Å². The Morgan fingerprint density at radius 1 is 0.850 bits per heavy atom. The minimum absolute atomic E-state index is 0.153. The first kappa shape index (κ1) is 24.5. The molecule has 6 aromatic rings. The number of aromatic nitrogens is 3. The molecule has 1 saturated heterocycles. The van der Waals surface area contributed by atoms with Crippen molar-refractivity contribution in [3.63, 3.8) is 0 Å². The lowest BCUT2D eigenvalue weighted by Gasteiger charge is -2.28.